The molecule has 0 fully saturated rings. The van der Waals surface area contributed by atoms with Crippen molar-refractivity contribution in [2.45, 2.75) is 38.1 Å². The Kier molecular flexibility index (Phi) is 5.28. The maximum Gasteiger partial charge on any atom is 0.163 e. The number of carbonyl (C=O) groups excluding carboxylic acids is 1. The second kappa shape index (κ2) is 8.23. The van der Waals surface area contributed by atoms with Gasteiger partial charge < -0.3 is 15.4 Å². The van der Waals surface area contributed by atoms with Crippen LogP contribution >= 0.6 is 11.3 Å². The second-order valence-electron chi connectivity index (χ2n) is 8.10. The van der Waals surface area contributed by atoms with E-state index >= 15 is 0 Å². The lowest BCUT2D eigenvalue weighted by Gasteiger charge is -2.29. The van der Waals surface area contributed by atoms with Gasteiger partial charge in [-0.25, -0.2) is 0 Å². The third-order valence-electron chi connectivity index (χ3n) is 6.21. The Hall–Kier alpha value is -3.05. The van der Waals surface area contributed by atoms with E-state index in [-0.39, 0.29) is 17.7 Å². The maximum atomic E-state index is 13.5. The van der Waals surface area contributed by atoms with Crippen molar-refractivity contribution >= 4 is 28.5 Å². The van der Waals surface area contributed by atoms with Crippen molar-refractivity contribution < 1.29 is 9.53 Å². The first-order valence-corrected chi connectivity index (χ1v) is 11.6. The molecular weight excluding hydrogens is 404 g/mol. The molecule has 0 radical (unpaired) electrons. The largest absolute Gasteiger partial charge is 0.497 e. The Morgan fingerprint density at radius 3 is 2.48 bits per heavy atom. The summed E-state index contributed by atoms with van der Waals surface area (Å²) >= 11 is 1.79. The summed E-state index contributed by atoms with van der Waals surface area (Å²) in [6, 6.07) is 20.5. The SMILES string of the molecule is CCc1ccc([C@@H]2Nc3ccccc3NC3=C2C(=O)C[C@H](c2ccc(OC)cc2)C3)s1. The predicted octanol–water partition coefficient (Wildman–Crippen LogP) is 6.30. The lowest BCUT2D eigenvalue weighted by Crippen LogP contribution is -2.26. The number of Topliss-reactive ketones (excluding diaryl/α,β-unsaturated/α-hetero) is 1. The average Bonchev–Trinajstić information content (AvgIpc) is 3.21. The van der Waals surface area contributed by atoms with Gasteiger partial charge in [-0.05, 0) is 60.7 Å². The van der Waals surface area contributed by atoms with Crippen LogP contribution < -0.4 is 15.4 Å². The number of hydrogen-bond acceptors (Lipinski definition) is 5. The normalized spacial score (nSPS) is 20.3. The van der Waals surface area contributed by atoms with Crippen LogP contribution in [0.1, 0.15) is 47.0 Å². The second-order valence-corrected chi connectivity index (χ2v) is 9.30. The van der Waals surface area contributed by atoms with Crippen LogP contribution in [0.2, 0.25) is 0 Å². The lowest BCUT2D eigenvalue weighted by atomic mass is 9.79. The number of allylic oxidation sites excluding steroid dienone is 1. The number of ketones is 1. The first-order valence-electron chi connectivity index (χ1n) is 10.8. The summed E-state index contributed by atoms with van der Waals surface area (Å²) in [5.41, 5.74) is 5.14. The monoisotopic (exact) mass is 430 g/mol. The molecule has 0 saturated heterocycles. The van der Waals surface area contributed by atoms with Crippen molar-refractivity contribution in [3.8, 4) is 5.75 Å². The molecule has 0 saturated carbocycles. The third-order valence-corrected chi connectivity index (χ3v) is 7.51. The summed E-state index contributed by atoms with van der Waals surface area (Å²) in [5.74, 6) is 1.21. The topological polar surface area (TPSA) is 50.4 Å². The fourth-order valence-electron chi connectivity index (χ4n) is 4.56. The molecule has 3 aromatic rings. The fourth-order valence-corrected chi connectivity index (χ4v) is 5.57. The highest BCUT2D eigenvalue weighted by molar-refractivity contribution is 7.12. The predicted molar refractivity (Wildman–Crippen MR) is 127 cm³/mol. The van der Waals surface area contributed by atoms with Crippen LogP contribution in [0.5, 0.6) is 5.75 Å². The third kappa shape index (κ3) is 3.74. The van der Waals surface area contributed by atoms with E-state index in [1.54, 1.807) is 18.4 Å². The zero-order valence-electron chi connectivity index (χ0n) is 17.8. The number of benzene rings is 2. The number of thiophene rings is 1. The summed E-state index contributed by atoms with van der Waals surface area (Å²) in [6.07, 6.45) is 2.34. The van der Waals surface area contributed by atoms with Crippen molar-refractivity contribution in [1.82, 2.24) is 0 Å². The molecular formula is C26H26N2O2S. The summed E-state index contributed by atoms with van der Waals surface area (Å²) in [6.45, 7) is 2.17. The van der Waals surface area contributed by atoms with Crippen LogP contribution in [0, 0.1) is 0 Å². The molecule has 0 bridgehead atoms. The van der Waals surface area contributed by atoms with E-state index < -0.39 is 0 Å². The number of aryl methyl sites for hydroxylation is 1. The average molecular weight is 431 g/mol. The molecule has 5 rings (SSSR count). The smallest absolute Gasteiger partial charge is 0.163 e. The van der Waals surface area contributed by atoms with E-state index in [1.165, 1.54) is 15.3 Å². The van der Waals surface area contributed by atoms with Gasteiger partial charge in [0, 0.05) is 27.4 Å². The highest BCUT2D eigenvalue weighted by Crippen LogP contribution is 2.45. The van der Waals surface area contributed by atoms with E-state index in [0.29, 0.717) is 6.42 Å². The van der Waals surface area contributed by atoms with E-state index in [0.717, 1.165) is 41.2 Å². The zero-order valence-corrected chi connectivity index (χ0v) is 18.6. The Morgan fingerprint density at radius 1 is 1.00 bits per heavy atom. The van der Waals surface area contributed by atoms with E-state index in [2.05, 4.69) is 54.0 Å². The van der Waals surface area contributed by atoms with Crippen molar-refractivity contribution in [2.75, 3.05) is 17.7 Å². The van der Waals surface area contributed by atoms with Gasteiger partial charge in [-0.1, -0.05) is 31.2 Å². The Morgan fingerprint density at radius 2 is 1.77 bits per heavy atom. The Bertz CT molecular complexity index is 1150. The fraction of sp³-hybridized carbons (Fsp3) is 0.269. The van der Waals surface area contributed by atoms with Gasteiger partial charge in [-0.3, -0.25) is 4.79 Å². The van der Waals surface area contributed by atoms with Gasteiger partial charge in [0.1, 0.15) is 5.75 Å². The number of rotatable bonds is 4. The molecule has 2 heterocycles. The minimum Gasteiger partial charge on any atom is -0.497 e. The molecule has 2 atom stereocenters. The Labute approximate surface area is 187 Å². The van der Waals surface area contributed by atoms with Gasteiger partial charge in [-0.15, -0.1) is 11.3 Å². The van der Waals surface area contributed by atoms with Gasteiger partial charge in [0.05, 0.1) is 24.5 Å². The van der Waals surface area contributed by atoms with E-state index in [4.69, 9.17) is 4.74 Å². The number of methoxy groups -OCH3 is 1. The summed E-state index contributed by atoms with van der Waals surface area (Å²) in [7, 11) is 1.67. The first-order chi connectivity index (χ1) is 15.2. The molecule has 0 unspecified atom stereocenters. The van der Waals surface area contributed by atoms with Crippen molar-refractivity contribution in [2.24, 2.45) is 0 Å². The summed E-state index contributed by atoms with van der Waals surface area (Å²) < 4.78 is 5.30. The molecule has 0 spiro atoms. The van der Waals surface area contributed by atoms with Gasteiger partial charge >= 0.3 is 0 Å². The van der Waals surface area contributed by atoms with Gasteiger partial charge in [0.2, 0.25) is 0 Å². The van der Waals surface area contributed by atoms with Crippen LogP contribution in [0.3, 0.4) is 0 Å². The number of para-hydroxylation sites is 2. The molecule has 1 aliphatic heterocycles. The van der Waals surface area contributed by atoms with Crippen molar-refractivity contribution in [3.63, 3.8) is 0 Å². The molecule has 2 aromatic carbocycles. The highest BCUT2D eigenvalue weighted by Gasteiger charge is 2.36. The molecule has 2 N–H and O–H groups in total. The number of ether oxygens (including phenoxy) is 1. The molecule has 4 nitrogen and oxygen atoms in total. The molecule has 1 aromatic heterocycles. The number of anilines is 2. The number of fused-ring (bicyclic) bond motifs is 1. The molecule has 2 aliphatic rings. The quantitative estimate of drug-likeness (QED) is 0.510. The van der Waals surface area contributed by atoms with Crippen molar-refractivity contribution in [1.29, 1.82) is 0 Å². The van der Waals surface area contributed by atoms with Crippen molar-refractivity contribution in [3.05, 3.63) is 87.3 Å². The number of carbonyl (C=O) groups is 1. The standard InChI is InChI=1S/C26H26N2O2S/c1-3-19-12-13-24(31-19)26-25-22(27-20-6-4-5-7-21(20)28-26)14-17(15-23(25)29)16-8-10-18(30-2)11-9-16/h4-13,17,26-28H,3,14-15H2,1-2H3/t17-,26+/m1/s1. The Balaban J connectivity index is 1.56. The molecule has 31 heavy (non-hydrogen) atoms. The zero-order chi connectivity index (χ0) is 21.4. The van der Waals surface area contributed by atoms with Gasteiger partial charge in [-0.2, -0.15) is 0 Å². The van der Waals surface area contributed by atoms with Gasteiger partial charge in [0.15, 0.2) is 5.78 Å². The van der Waals surface area contributed by atoms with Crippen LogP contribution in [0.15, 0.2) is 71.9 Å². The van der Waals surface area contributed by atoms with Crippen LogP contribution in [0.4, 0.5) is 11.4 Å². The maximum absolute atomic E-state index is 13.5. The van der Waals surface area contributed by atoms with Crippen LogP contribution in [-0.2, 0) is 11.2 Å². The molecule has 0 amide bonds. The van der Waals surface area contributed by atoms with E-state index in [1.807, 2.05) is 24.3 Å². The summed E-state index contributed by atoms with van der Waals surface area (Å²) in [5, 5.41) is 7.28. The number of nitrogens with one attached hydrogen (secondary N) is 2. The van der Waals surface area contributed by atoms with Crippen LogP contribution in [0.25, 0.3) is 0 Å². The van der Waals surface area contributed by atoms with Crippen LogP contribution in [-0.4, -0.2) is 12.9 Å². The lowest BCUT2D eigenvalue weighted by molar-refractivity contribution is -0.116. The van der Waals surface area contributed by atoms with Gasteiger partial charge in [0.25, 0.3) is 0 Å². The summed E-state index contributed by atoms with van der Waals surface area (Å²) in [4.78, 5) is 16.1. The highest BCUT2D eigenvalue weighted by atomic mass is 32.1. The molecule has 5 heteroatoms. The minimum atomic E-state index is -0.124. The van der Waals surface area contributed by atoms with E-state index in [9.17, 15) is 4.79 Å². The first kappa shape index (κ1) is 19.9. The molecule has 158 valence electrons. The number of hydrogen-bond donors (Lipinski definition) is 2. The minimum absolute atomic E-state index is 0.124. The molecule has 1 aliphatic carbocycles.